The monoisotopic (exact) mass is 744 g/mol. The van der Waals surface area contributed by atoms with Crippen molar-refractivity contribution in [1.82, 2.24) is 0 Å². The Bertz CT molecular complexity index is 3580. The Morgan fingerprint density at radius 1 is 0.241 bits per heavy atom. The minimum Gasteiger partial charge on any atom is -0.384 e. The average molecular weight is 745 g/mol. The molecule has 0 aromatic heterocycles. The first-order valence-corrected chi connectivity index (χ1v) is 19.9. The average Bonchev–Trinajstić information content (AvgIpc) is 3.29. The second kappa shape index (κ2) is 12.6. The normalized spacial score (nSPS) is 13.9. The molecule has 3 heteroatoms. The molecule has 0 aliphatic rings. The van der Waals surface area contributed by atoms with Gasteiger partial charge in [0.15, 0.2) is 0 Å². The maximum absolute atomic E-state index is 12.5. The van der Waals surface area contributed by atoms with Crippen LogP contribution in [0.1, 0.15) is 51.7 Å². The molecule has 0 bridgehead atoms. The van der Waals surface area contributed by atoms with Crippen LogP contribution in [0.3, 0.4) is 0 Å². The molecular formula is C55H36O3. The molecule has 0 spiro atoms. The molecule has 0 aliphatic heterocycles. The van der Waals surface area contributed by atoms with Gasteiger partial charge in [-0.05, 0) is 144 Å². The highest BCUT2D eigenvalue weighted by Crippen LogP contribution is 2.50. The zero-order valence-corrected chi connectivity index (χ0v) is 31.4. The third-order valence-corrected chi connectivity index (χ3v) is 12.8. The highest BCUT2D eigenvalue weighted by molar-refractivity contribution is 6.40. The van der Waals surface area contributed by atoms with Crippen LogP contribution in [-0.2, 0) is 0 Å². The first-order valence-electron chi connectivity index (χ1n) is 19.9. The lowest BCUT2D eigenvalue weighted by Gasteiger charge is -2.26. The second-order valence-corrected chi connectivity index (χ2v) is 15.9. The molecule has 0 fully saturated rings. The maximum Gasteiger partial charge on any atom is 0.105 e. The van der Waals surface area contributed by atoms with Crippen molar-refractivity contribution in [1.29, 1.82) is 0 Å². The van der Waals surface area contributed by atoms with Crippen molar-refractivity contribution in [3.05, 3.63) is 215 Å². The van der Waals surface area contributed by atoms with E-state index in [4.69, 9.17) is 0 Å². The Morgan fingerprint density at radius 3 is 1.22 bits per heavy atom. The van der Waals surface area contributed by atoms with Crippen LogP contribution >= 0.6 is 0 Å². The van der Waals surface area contributed by atoms with Crippen LogP contribution in [0.2, 0.25) is 0 Å². The van der Waals surface area contributed by atoms with Gasteiger partial charge >= 0.3 is 0 Å². The molecule has 0 heterocycles. The van der Waals surface area contributed by atoms with E-state index in [9.17, 15) is 15.3 Å². The quantitative estimate of drug-likeness (QED) is 0.117. The molecule has 58 heavy (non-hydrogen) atoms. The zero-order valence-electron chi connectivity index (χ0n) is 31.4. The van der Waals surface area contributed by atoms with Gasteiger partial charge in [-0.15, -0.1) is 0 Å². The van der Waals surface area contributed by atoms with Crippen molar-refractivity contribution in [2.24, 2.45) is 0 Å². The molecule has 12 aromatic carbocycles. The van der Waals surface area contributed by atoms with Gasteiger partial charge < -0.3 is 15.3 Å². The van der Waals surface area contributed by atoms with Gasteiger partial charge in [-0.2, -0.15) is 0 Å². The first-order chi connectivity index (χ1) is 28.5. The molecule has 0 aliphatic carbocycles. The van der Waals surface area contributed by atoms with Gasteiger partial charge in [0.05, 0.1) is 0 Å². The molecule has 3 nitrogen and oxygen atoms in total. The van der Waals surface area contributed by atoms with E-state index in [1.54, 1.807) is 0 Å². The fourth-order valence-electron chi connectivity index (χ4n) is 9.92. The lowest BCUT2D eigenvalue weighted by molar-refractivity contribution is 0.221. The topological polar surface area (TPSA) is 60.7 Å². The molecular weight excluding hydrogens is 709 g/mol. The molecule has 0 saturated carbocycles. The van der Waals surface area contributed by atoms with Crippen LogP contribution in [0, 0.1) is 0 Å². The van der Waals surface area contributed by atoms with Crippen LogP contribution in [0.4, 0.5) is 0 Å². The van der Waals surface area contributed by atoms with E-state index in [-0.39, 0.29) is 0 Å². The van der Waals surface area contributed by atoms with Crippen molar-refractivity contribution < 1.29 is 15.3 Å². The van der Waals surface area contributed by atoms with E-state index >= 15 is 0 Å². The molecule has 3 unspecified atom stereocenters. The number of hydrogen-bond donors (Lipinski definition) is 3. The van der Waals surface area contributed by atoms with Crippen molar-refractivity contribution in [2.75, 3.05) is 0 Å². The SMILES string of the molecule is OC(c1ccc2ccccc2c1)c1ccc2c3c(C(O)c4ccc5ccccc5c4)ccc4c(C(O)c5ccc6ccccc6c5)cc5ccc6ccc1c2c6c5c43. The van der Waals surface area contributed by atoms with Gasteiger partial charge in [0.2, 0.25) is 0 Å². The third-order valence-electron chi connectivity index (χ3n) is 12.8. The van der Waals surface area contributed by atoms with E-state index in [1.165, 1.54) is 0 Å². The van der Waals surface area contributed by atoms with Gasteiger partial charge in [-0.25, -0.2) is 0 Å². The molecule has 3 N–H and O–H groups in total. The number of fused-ring (bicyclic) bond motifs is 4. The van der Waals surface area contributed by atoms with Gasteiger partial charge in [0.25, 0.3) is 0 Å². The summed E-state index contributed by atoms with van der Waals surface area (Å²) in [6.07, 6.45) is -2.66. The van der Waals surface area contributed by atoms with Crippen molar-refractivity contribution in [3.63, 3.8) is 0 Å². The third kappa shape index (κ3) is 4.85. The summed E-state index contributed by atoms with van der Waals surface area (Å²) >= 11 is 0. The molecule has 12 aromatic rings. The Labute approximate surface area is 333 Å². The minimum absolute atomic E-state index is 0.803. The van der Waals surface area contributed by atoms with Gasteiger partial charge in [0.1, 0.15) is 18.3 Å². The highest BCUT2D eigenvalue weighted by Gasteiger charge is 2.27. The Balaban J connectivity index is 1.16. The number of hydrogen-bond acceptors (Lipinski definition) is 3. The second-order valence-electron chi connectivity index (χ2n) is 15.9. The Hall–Kier alpha value is -6.88. The van der Waals surface area contributed by atoms with E-state index in [0.29, 0.717) is 0 Å². The molecule has 274 valence electrons. The summed E-state index contributed by atoms with van der Waals surface area (Å²) in [5.41, 5.74) is 4.94. The summed E-state index contributed by atoms with van der Waals surface area (Å²) in [4.78, 5) is 0. The summed E-state index contributed by atoms with van der Waals surface area (Å²) in [6, 6.07) is 62.4. The van der Waals surface area contributed by atoms with Gasteiger partial charge in [-0.3, -0.25) is 0 Å². The van der Waals surface area contributed by atoms with Gasteiger partial charge in [-0.1, -0.05) is 158 Å². The van der Waals surface area contributed by atoms with Gasteiger partial charge in [0, 0.05) is 0 Å². The van der Waals surface area contributed by atoms with Crippen LogP contribution in [0.5, 0.6) is 0 Å². The summed E-state index contributed by atoms with van der Waals surface area (Å²) in [5.74, 6) is 0. The van der Waals surface area contributed by atoms with E-state index in [0.717, 1.165) is 120 Å². The smallest absolute Gasteiger partial charge is 0.105 e. The van der Waals surface area contributed by atoms with Crippen LogP contribution in [0.15, 0.2) is 182 Å². The fraction of sp³-hybridized carbons (Fsp3) is 0.0545. The lowest BCUT2D eigenvalue weighted by atomic mass is 9.79. The summed E-state index contributed by atoms with van der Waals surface area (Å²) in [5, 5.41) is 54.0. The predicted molar refractivity (Wildman–Crippen MR) is 240 cm³/mol. The maximum atomic E-state index is 12.5. The molecule has 0 radical (unpaired) electrons. The molecule has 12 rings (SSSR count). The number of aliphatic hydroxyl groups is 3. The van der Waals surface area contributed by atoms with Crippen molar-refractivity contribution >= 4 is 86.2 Å². The molecule has 0 saturated heterocycles. The number of aliphatic hydroxyl groups excluding tert-OH is 3. The largest absolute Gasteiger partial charge is 0.384 e. The van der Waals surface area contributed by atoms with Crippen molar-refractivity contribution in [2.45, 2.75) is 18.3 Å². The summed E-state index contributed by atoms with van der Waals surface area (Å²) in [7, 11) is 0. The minimum atomic E-state index is -0.921. The van der Waals surface area contributed by atoms with E-state index in [1.807, 2.05) is 54.6 Å². The number of benzene rings is 12. The lowest BCUT2D eigenvalue weighted by Crippen LogP contribution is -2.06. The first kappa shape index (κ1) is 33.3. The highest BCUT2D eigenvalue weighted by atomic mass is 16.3. The molecule has 0 amide bonds. The predicted octanol–water partition coefficient (Wildman–Crippen LogP) is 13.0. The fourth-order valence-corrected chi connectivity index (χ4v) is 9.92. The Kier molecular flexibility index (Phi) is 7.21. The summed E-state index contributed by atoms with van der Waals surface area (Å²) < 4.78 is 0. The van der Waals surface area contributed by atoms with E-state index < -0.39 is 18.3 Å². The summed E-state index contributed by atoms with van der Waals surface area (Å²) in [6.45, 7) is 0. The van der Waals surface area contributed by atoms with Crippen LogP contribution in [0.25, 0.3) is 86.2 Å². The standard InChI is InChI=1S/C55H36O3/c56-53(39-18-13-31-7-1-4-10-35(31)27-39)44-24-25-45-50-42(44)22-21-34-16-17-38-30-47(55(58)41-20-15-33-9-3-6-12-37(33)29-41)43-23-26-46(51(45)52(43)49(38)48(34)50)54(57)40-19-14-32-8-2-5-11-36(32)28-40/h1-30,53-58H. The number of rotatable bonds is 6. The molecule has 3 atom stereocenters. The van der Waals surface area contributed by atoms with Crippen LogP contribution < -0.4 is 0 Å². The van der Waals surface area contributed by atoms with E-state index in [2.05, 4.69) is 127 Å². The zero-order chi connectivity index (χ0) is 38.6. The van der Waals surface area contributed by atoms with Crippen LogP contribution in [-0.4, -0.2) is 15.3 Å². The van der Waals surface area contributed by atoms with Crippen molar-refractivity contribution in [3.8, 4) is 0 Å². The Morgan fingerprint density at radius 2 is 0.638 bits per heavy atom.